The van der Waals surface area contributed by atoms with Crippen LogP contribution in [-0.4, -0.2) is 36.2 Å². The van der Waals surface area contributed by atoms with Crippen LogP contribution in [0.4, 0.5) is 5.69 Å². The van der Waals surface area contributed by atoms with Gasteiger partial charge >= 0.3 is 0 Å². The lowest BCUT2D eigenvalue weighted by Gasteiger charge is -2.10. The molecule has 0 amide bonds. The number of aromatic nitrogens is 6. The van der Waals surface area contributed by atoms with Crippen molar-refractivity contribution < 1.29 is 0 Å². The highest BCUT2D eigenvalue weighted by Crippen LogP contribution is 2.30. The van der Waals surface area contributed by atoms with Crippen LogP contribution < -0.4 is 5.32 Å². The molecule has 0 atom stereocenters. The Hall–Kier alpha value is -3.74. The van der Waals surface area contributed by atoms with E-state index >= 15 is 0 Å². The highest BCUT2D eigenvalue weighted by molar-refractivity contribution is 5.96. The summed E-state index contributed by atoms with van der Waals surface area (Å²) in [5.74, 6) is 0. The van der Waals surface area contributed by atoms with E-state index in [-0.39, 0.29) is 0 Å². The predicted molar refractivity (Wildman–Crippen MR) is 111 cm³/mol. The van der Waals surface area contributed by atoms with Gasteiger partial charge in [0.15, 0.2) is 0 Å². The van der Waals surface area contributed by atoms with Gasteiger partial charge in [0, 0.05) is 52.7 Å². The van der Waals surface area contributed by atoms with Crippen molar-refractivity contribution in [3.63, 3.8) is 0 Å². The van der Waals surface area contributed by atoms with Gasteiger partial charge in [0.2, 0.25) is 0 Å². The highest BCUT2D eigenvalue weighted by atomic mass is 15.1. The Bertz CT molecular complexity index is 1250. The summed E-state index contributed by atoms with van der Waals surface area (Å²) in [7, 11) is 0. The van der Waals surface area contributed by atoms with E-state index in [1.54, 1.807) is 6.20 Å². The zero-order valence-electron chi connectivity index (χ0n) is 15.6. The third-order valence-corrected chi connectivity index (χ3v) is 4.61. The Labute approximate surface area is 161 Å². The summed E-state index contributed by atoms with van der Waals surface area (Å²) in [5, 5.41) is 13.0. The standard InChI is InChI=1S/C21H19N7/c1-12(2)25-15-5-13(9-23-10-15)18-7-16-20(11-24-18)27-28-21(16)19-6-14-8-22-4-3-17(14)26-19/h3-12,25-26H,1-2H3,(H,27,28). The van der Waals surface area contributed by atoms with Gasteiger partial charge in [-0.3, -0.25) is 20.1 Å². The Morgan fingerprint density at radius 3 is 2.75 bits per heavy atom. The number of H-pyrrole nitrogens is 2. The molecule has 0 saturated carbocycles. The van der Waals surface area contributed by atoms with Crippen molar-refractivity contribution in [1.82, 2.24) is 30.1 Å². The van der Waals surface area contributed by atoms with Gasteiger partial charge in [0.1, 0.15) is 5.69 Å². The first-order valence-electron chi connectivity index (χ1n) is 9.16. The van der Waals surface area contributed by atoms with Crippen LogP contribution in [0.1, 0.15) is 13.8 Å². The smallest absolute Gasteiger partial charge is 0.116 e. The van der Waals surface area contributed by atoms with Crippen molar-refractivity contribution in [3.05, 3.63) is 55.2 Å². The van der Waals surface area contributed by atoms with Crippen molar-refractivity contribution >= 4 is 27.5 Å². The molecule has 0 aliphatic carbocycles. The maximum absolute atomic E-state index is 4.59. The van der Waals surface area contributed by atoms with E-state index in [0.717, 1.165) is 50.1 Å². The van der Waals surface area contributed by atoms with Gasteiger partial charge in [-0.1, -0.05) is 0 Å². The number of nitrogens with one attached hydrogen (secondary N) is 3. The van der Waals surface area contributed by atoms with Crippen LogP contribution >= 0.6 is 0 Å². The zero-order valence-corrected chi connectivity index (χ0v) is 15.6. The van der Waals surface area contributed by atoms with Crippen molar-refractivity contribution in [3.8, 4) is 22.6 Å². The second kappa shape index (κ2) is 6.45. The molecule has 5 rings (SSSR count). The number of fused-ring (bicyclic) bond motifs is 2. The summed E-state index contributed by atoms with van der Waals surface area (Å²) < 4.78 is 0. The monoisotopic (exact) mass is 369 g/mol. The van der Waals surface area contributed by atoms with Gasteiger partial charge in [-0.15, -0.1) is 0 Å². The Morgan fingerprint density at radius 1 is 0.964 bits per heavy atom. The molecular formula is C21H19N7. The van der Waals surface area contributed by atoms with Gasteiger partial charge in [-0.2, -0.15) is 5.10 Å². The summed E-state index contributed by atoms with van der Waals surface area (Å²) in [6.45, 7) is 4.20. The molecule has 138 valence electrons. The summed E-state index contributed by atoms with van der Waals surface area (Å²) in [6, 6.07) is 8.47. The summed E-state index contributed by atoms with van der Waals surface area (Å²) in [6.07, 6.45) is 9.08. The Morgan fingerprint density at radius 2 is 1.89 bits per heavy atom. The second-order valence-corrected chi connectivity index (χ2v) is 7.09. The molecule has 7 heteroatoms. The van der Waals surface area contributed by atoms with Gasteiger partial charge < -0.3 is 10.3 Å². The number of hydrogen-bond donors (Lipinski definition) is 3. The van der Waals surface area contributed by atoms with Crippen LogP contribution in [-0.2, 0) is 0 Å². The van der Waals surface area contributed by atoms with Gasteiger partial charge in [-0.05, 0) is 38.1 Å². The molecule has 0 radical (unpaired) electrons. The first-order chi connectivity index (χ1) is 13.7. The number of aromatic amines is 2. The normalized spacial score (nSPS) is 11.5. The molecule has 0 aromatic carbocycles. The first-order valence-corrected chi connectivity index (χ1v) is 9.16. The lowest BCUT2D eigenvalue weighted by Crippen LogP contribution is -2.09. The third kappa shape index (κ3) is 2.87. The molecule has 7 nitrogen and oxygen atoms in total. The van der Waals surface area contributed by atoms with Crippen LogP contribution in [0, 0.1) is 0 Å². The molecule has 0 aliphatic heterocycles. The minimum atomic E-state index is 0.337. The van der Waals surface area contributed by atoms with Crippen molar-refractivity contribution in [2.75, 3.05) is 5.32 Å². The molecular weight excluding hydrogens is 350 g/mol. The molecule has 0 fully saturated rings. The predicted octanol–water partition coefficient (Wildman–Crippen LogP) is 4.38. The largest absolute Gasteiger partial charge is 0.382 e. The Balaban J connectivity index is 1.60. The number of rotatable bonds is 4. The lowest BCUT2D eigenvalue weighted by molar-refractivity contribution is 0.898. The molecule has 0 saturated heterocycles. The summed E-state index contributed by atoms with van der Waals surface area (Å²) in [4.78, 5) is 16.5. The van der Waals surface area contributed by atoms with Gasteiger partial charge in [0.05, 0.1) is 28.8 Å². The van der Waals surface area contributed by atoms with Crippen LogP contribution in [0.2, 0.25) is 0 Å². The van der Waals surface area contributed by atoms with E-state index in [1.165, 1.54) is 0 Å². The van der Waals surface area contributed by atoms with Gasteiger partial charge in [0.25, 0.3) is 0 Å². The quantitative estimate of drug-likeness (QED) is 0.437. The minimum Gasteiger partial charge on any atom is -0.382 e. The van der Waals surface area contributed by atoms with Crippen LogP contribution in [0.25, 0.3) is 44.5 Å². The molecule has 0 aliphatic rings. The summed E-state index contributed by atoms with van der Waals surface area (Å²) >= 11 is 0. The second-order valence-electron chi connectivity index (χ2n) is 7.09. The molecule has 28 heavy (non-hydrogen) atoms. The summed E-state index contributed by atoms with van der Waals surface area (Å²) in [5.41, 5.74) is 6.52. The van der Waals surface area contributed by atoms with Crippen molar-refractivity contribution in [2.24, 2.45) is 0 Å². The maximum atomic E-state index is 4.59. The number of pyridine rings is 3. The average molecular weight is 369 g/mol. The SMILES string of the molecule is CC(C)Nc1cncc(-c2cc3c(-c4cc5cnccc5[nH]4)n[nH]c3cn2)c1. The number of anilines is 1. The molecule has 5 heterocycles. The van der Waals surface area contributed by atoms with E-state index < -0.39 is 0 Å². The molecule has 0 bridgehead atoms. The van der Waals surface area contributed by atoms with Crippen LogP contribution in [0.15, 0.2) is 55.2 Å². The van der Waals surface area contributed by atoms with Crippen LogP contribution in [0.3, 0.4) is 0 Å². The molecule has 3 N–H and O–H groups in total. The number of hydrogen-bond acceptors (Lipinski definition) is 5. The van der Waals surface area contributed by atoms with E-state index in [9.17, 15) is 0 Å². The van der Waals surface area contributed by atoms with E-state index in [4.69, 9.17) is 0 Å². The number of nitrogens with zero attached hydrogens (tertiary/aromatic N) is 4. The van der Waals surface area contributed by atoms with Crippen LogP contribution in [0.5, 0.6) is 0 Å². The van der Waals surface area contributed by atoms with Crippen molar-refractivity contribution in [1.29, 1.82) is 0 Å². The maximum Gasteiger partial charge on any atom is 0.116 e. The third-order valence-electron chi connectivity index (χ3n) is 4.61. The van der Waals surface area contributed by atoms with Gasteiger partial charge in [-0.25, -0.2) is 0 Å². The fourth-order valence-electron chi connectivity index (χ4n) is 3.37. The topological polar surface area (TPSA) is 95.2 Å². The average Bonchev–Trinajstić information content (AvgIpc) is 3.30. The molecule has 0 unspecified atom stereocenters. The molecule has 5 aromatic heterocycles. The molecule has 0 spiro atoms. The first kappa shape index (κ1) is 16.4. The van der Waals surface area contributed by atoms with E-state index in [0.29, 0.717) is 6.04 Å². The lowest BCUT2D eigenvalue weighted by atomic mass is 10.1. The molecule has 5 aromatic rings. The zero-order chi connectivity index (χ0) is 19.1. The fraction of sp³-hybridized carbons (Fsp3) is 0.143. The van der Waals surface area contributed by atoms with Crippen molar-refractivity contribution in [2.45, 2.75) is 19.9 Å². The Kier molecular flexibility index (Phi) is 3.79. The van der Waals surface area contributed by atoms with E-state index in [1.807, 2.05) is 36.9 Å². The highest BCUT2D eigenvalue weighted by Gasteiger charge is 2.13. The van der Waals surface area contributed by atoms with E-state index in [2.05, 4.69) is 61.4 Å². The fourth-order valence-corrected chi connectivity index (χ4v) is 3.37. The minimum absolute atomic E-state index is 0.337.